The van der Waals surface area contributed by atoms with Crippen LogP contribution in [0.5, 0.6) is 0 Å². The molecule has 1 aromatic carbocycles. The van der Waals surface area contributed by atoms with Gasteiger partial charge in [-0.25, -0.2) is 0 Å². The Kier molecular flexibility index (Phi) is 3.73. The number of hydrogen-bond donors (Lipinski definition) is 1. The maximum absolute atomic E-state index is 12.3. The Balaban J connectivity index is 1.64. The monoisotopic (exact) mass is 283 g/mol. The van der Waals surface area contributed by atoms with Crippen LogP contribution in [0.15, 0.2) is 53.5 Å². The highest BCUT2D eigenvalue weighted by Crippen LogP contribution is 2.16. The lowest BCUT2D eigenvalue weighted by Crippen LogP contribution is -2.48. The van der Waals surface area contributed by atoms with E-state index in [1.165, 1.54) is 18.0 Å². The van der Waals surface area contributed by atoms with Gasteiger partial charge in [0, 0.05) is 44.1 Å². The number of para-hydroxylation sites is 1. The van der Waals surface area contributed by atoms with E-state index in [-0.39, 0.29) is 11.5 Å². The first-order chi connectivity index (χ1) is 10.2. The number of pyridine rings is 1. The van der Waals surface area contributed by atoms with E-state index >= 15 is 0 Å². The summed E-state index contributed by atoms with van der Waals surface area (Å²) in [4.78, 5) is 30.0. The third-order valence-electron chi connectivity index (χ3n) is 3.72. The van der Waals surface area contributed by atoms with Crippen molar-refractivity contribution >= 4 is 11.6 Å². The van der Waals surface area contributed by atoms with E-state index in [1.54, 1.807) is 6.07 Å². The second-order valence-corrected chi connectivity index (χ2v) is 5.06. The number of rotatable bonds is 2. The van der Waals surface area contributed by atoms with E-state index in [0.29, 0.717) is 18.7 Å². The number of nitrogens with zero attached hydrogens (tertiary/aromatic N) is 2. The van der Waals surface area contributed by atoms with Gasteiger partial charge in [0.1, 0.15) is 0 Å². The lowest BCUT2D eigenvalue weighted by molar-refractivity contribution is 0.0746. The molecule has 0 unspecified atom stereocenters. The number of benzene rings is 1. The number of hydrogen-bond acceptors (Lipinski definition) is 3. The van der Waals surface area contributed by atoms with Crippen molar-refractivity contribution in [3.05, 3.63) is 64.6 Å². The van der Waals surface area contributed by atoms with E-state index in [1.807, 2.05) is 23.1 Å². The van der Waals surface area contributed by atoms with Crippen molar-refractivity contribution in [1.82, 2.24) is 9.88 Å². The molecule has 0 saturated carbocycles. The SMILES string of the molecule is O=C(c1ccc(=O)[nH]c1)N1CCN(c2ccccc2)CC1. The molecular formula is C16H17N3O2. The molecule has 1 N–H and O–H groups in total. The van der Waals surface area contributed by atoms with Crippen molar-refractivity contribution in [3.8, 4) is 0 Å². The molecule has 0 spiro atoms. The molecule has 0 aliphatic carbocycles. The summed E-state index contributed by atoms with van der Waals surface area (Å²) in [7, 11) is 0. The van der Waals surface area contributed by atoms with Gasteiger partial charge >= 0.3 is 0 Å². The van der Waals surface area contributed by atoms with Gasteiger partial charge in [0.25, 0.3) is 5.91 Å². The first kappa shape index (κ1) is 13.4. The van der Waals surface area contributed by atoms with Crippen LogP contribution in [0, 0.1) is 0 Å². The molecule has 0 radical (unpaired) electrons. The highest BCUT2D eigenvalue weighted by molar-refractivity contribution is 5.94. The van der Waals surface area contributed by atoms with Crippen molar-refractivity contribution in [2.45, 2.75) is 0 Å². The maximum Gasteiger partial charge on any atom is 0.255 e. The molecule has 5 heteroatoms. The van der Waals surface area contributed by atoms with Crippen LogP contribution in [0.25, 0.3) is 0 Å². The molecule has 108 valence electrons. The first-order valence-electron chi connectivity index (χ1n) is 7.02. The molecule has 2 aromatic rings. The van der Waals surface area contributed by atoms with Crippen molar-refractivity contribution in [2.75, 3.05) is 31.1 Å². The van der Waals surface area contributed by atoms with E-state index in [2.05, 4.69) is 22.0 Å². The summed E-state index contributed by atoms with van der Waals surface area (Å²) in [6, 6.07) is 13.2. The Morgan fingerprint density at radius 2 is 1.67 bits per heavy atom. The van der Waals surface area contributed by atoms with Crippen LogP contribution in [0.3, 0.4) is 0 Å². The molecule has 1 aliphatic rings. The molecule has 1 amide bonds. The second-order valence-electron chi connectivity index (χ2n) is 5.06. The quantitative estimate of drug-likeness (QED) is 0.905. The normalized spacial score (nSPS) is 15.0. The van der Waals surface area contributed by atoms with Gasteiger partial charge in [-0.15, -0.1) is 0 Å². The van der Waals surface area contributed by atoms with Gasteiger partial charge in [0.15, 0.2) is 0 Å². The van der Waals surface area contributed by atoms with Crippen LogP contribution in [0.1, 0.15) is 10.4 Å². The minimum atomic E-state index is -0.194. The van der Waals surface area contributed by atoms with Crippen LogP contribution >= 0.6 is 0 Å². The minimum Gasteiger partial charge on any atom is -0.368 e. The van der Waals surface area contributed by atoms with Crippen LogP contribution in [-0.2, 0) is 0 Å². The van der Waals surface area contributed by atoms with Gasteiger partial charge < -0.3 is 14.8 Å². The Bertz CT molecular complexity index is 653. The number of carbonyl (C=O) groups excluding carboxylic acids is 1. The third kappa shape index (κ3) is 2.97. The predicted molar refractivity (Wildman–Crippen MR) is 81.6 cm³/mol. The van der Waals surface area contributed by atoms with Crippen molar-refractivity contribution in [3.63, 3.8) is 0 Å². The van der Waals surface area contributed by atoms with E-state index < -0.39 is 0 Å². The highest BCUT2D eigenvalue weighted by atomic mass is 16.2. The molecule has 21 heavy (non-hydrogen) atoms. The molecule has 1 aliphatic heterocycles. The lowest BCUT2D eigenvalue weighted by atomic mass is 10.2. The summed E-state index contributed by atoms with van der Waals surface area (Å²) in [5, 5.41) is 0. The van der Waals surface area contributed by atoms with Gasteiger partial charge in [0.2, 0.25) is 5.56 Å². The fraction of sp³-hybridized carbons (Fsp3) is 0.250. The zero-order valence-electron chi connectivity index (χ0n) is 11.7. The topological polar surface area (TPSA) is 56.4 Å². The molecule has 5 nitrogen and oxygen atoms in total. The number of amides is 1. The van der Waals surface area contributed by atoms with Gasteiger partial charge in [-0.1, -0.05) is 18.2 Å². The summed E-state index contributed by atoms with van der Waals surface area (Å²) in [5.41, 5.74) is 1.52. The third-order valence-corrected chi connectivity index (χ3v) is 3.72. The van der Waals surface area contributed by atoms with Crippen molar-refractivity contribution in [1.29, 1.82) is 0 Å². The average molecular weight is 283 g/mol. The molecule has 2 heterocycles. The van der Waals surface area contributed by atoms with Crippen molar-refractivity contribution in [2.24, 2.45) is 0 Å². The standard InChI is InChI=1S/C16H17N3O2/c20-15-7-6-13(12-17-15)16(21)19-10-8-18(9-11-19)14-4-2-1-3-5-14/h1-7,12H,8-11H2,(H,17,20). The Morgan fingerprint density at radius 3 is 2.29 bits per heavy atom. The van der Waals surface area contributed by atoms with Crippen molar-refractivity contribution < 1.29 is 4.79 Å². The average Bonchev–Trinajstić information content (AvgIpc) is 2.56. The lowest BCUT2D eigenvalue weighted by Gasteiger charge is -2.36. The smallest absolute Gasteiger partial charge is 0.255 e. The Hall–Kier alpha value is -2.56. The predicted octanol–water partition coefficient (Wildman–Crippen LogP) is 1.34. The van der Waals surface area contributed by atoms with Crippen LogP contribution in [0.2, 0.25) is 0 Å². The summed E-state index contributed by atoms with van der Waals surface area (Å²) in [5.74, 6) is -0.0287. The maximum atomic E-state index is 12.3. The summed E-state index contributed by atoms with van der Waals surface area (Å²) >= 11 is 0. The second kappa shape index (κ2) is 5.83. The number of aromatic amines is 1. The highest BCUT2D eigenvalue weighted by Gasteiger charge is 2.22. The molecular weight excluding hydrogens is 266 g/mol. The number of nitrogens with one attached hydrogen (secondary N) is 1. The molecule has 1 aromatic heterocycles. The van der Waals surface area contributed by atoms with Gasteiger partial charge in [-0.3, -0.25) is 9.59 Å². The summed E-state index contributed by atoms with van der Waals surface area (Å²) < 4.78 is 0. The zero-order valence-corrected chi connectivity index (χ0v) is 11.7. The fourth-order valence-corrected chi connectivity index (χ4v) is 2.53. The molecule has 0 atom stereocenters. The molecule has 3 rings (SSSR count). The minimum absolute atomic E-state index is 0.0287. The Morgan fingerprint density at radius 1 is 0.952 bits per heavy atom. The van der Waals surface area contributed by atoms with E-state index in [9.17, 15) is 9.59 Å². The number of anilines is 1. The number of piperazine rings is 1. The van der Waals surface area contributed by atoms with E-state index in [4.69, 9.17) is 0 Å². The fourth-order valence-electron chi connectivity index (χ4n) is 2.53. The molecule has 1 saturated heterocycles. The first-order valence-corrected chi connectivity index (χ1v) is 7.02. The number of carbonyl (C=O) groups is 1. The van der Waals surface area contributed by atoms with E-state index in [0.717, 1.165) is 13.1 Å². The van der Waals surface area contributed by atoms with Crippen LogP contribution in [-0.4, -0.2) is 42.0 Å². The number of aromatic nitrogens is 1. The van der Waals surface area contributed by atoms with Crippen LogP contribution in [0.4, 0.5) is 5.69 Å². The van der Waals surface area contributed by atoms with Gasteiger partial charge in [-0.2, -0.15) is 0 Å². The molecule has 0 bridgehead atoms. The number of H-pyrrole nitrogens is 1. The largest absolute Gasteiger partial charge is 0.368 e. The van der Waals surface area contributed by atoms with Gasteiger partial charge in [0.05, 0.1) is 5.56 Å². The summed E-state index contributed by atoms with van der Waals surface area (Å²) in [6.07, 6.45) is 1.48. The molecule has 1 fully saturated rings. The zero-order chi connectivity index (χ0) is 14.7. The van der Waals surface area contributed by atoms with Crippen LogP contribution < -0.4 is 10.5 Å². The Labute approximate surface area is 122 Å². The van der Waals surface area contributed by atoms with Gasteiger partial charge in [-0.05, 0) is 18.2 Å². The summed E-state index contributed by atoms with van der Waals surface area (Å²) in [6.45, 7) is 3.01.